The Kier molecular flexibility index (Phi) is 11.1. The maximum absolute atomic E-state index is 13.7. The second-order valence-corrected chi connectivity index (χ2v) is 10.1. The molecule has 0 aromatic heterocycles. The van der Waals surface area contributed by atoms with Crippen LogP contribution in [0.2, 0.25) is 0 Å². The van der Waals surface area contributed by atoms with Crippen LogP contribution in [0.3, 0.4) is 0 Å². The molecule has 1 nitrogen and oxygen atoms in total. The van der Waals surface area contributed by atoms with Crippen molar-refractivity contribution in [3.8, 4) is 0 Å². The minimum Gasteiger partial charge on any atom is -0.395 e. The van der Waals surface area contributed by atoms with Gasteiger partial charge in [-0.05, 0) is 12.2 Å². The van der Waals surface area contributed by atoms with E-state index in [-0.39, 0.29) is 0 Å². The van der Waals surface area contributed by atoms with E-state index in [2.05, 4.69) is 0 Å². The molecule has 1 unspecified atom stereocenters. The average Bonchev–Trinajstić information content (AvgIpc) is 2.80. The molecule has 27 heteroatoms. The fourth-order valence-electron chi connectivity index (χ4n) is 2.50. The zero-order valence-corrected chi connectivity index (χ0v) is 21.6. The Morgan fingerprint density at radius 1 is 0.409 bits per heavy atom. The van der Waals surface area contributed by atoms with Gasteiger partial charge in [-0.3, -0.25) is 0 Å². The van der Waals surface area contributed by atoms with Crippen LogP contribution in [0, 0.1) is 0 Å². The maximum atomic E-state index is 13.7. The van der Waals surface area contributed by atoms with E-state index in [1.807, 2.05) is 0 Å². The molecular formula is C17H8F25IO. The second kappa shape index (κ2) is 11.4. The quantitative estimate of drug-likeness (QED) is 0.0802. The molecular weight excluding hydrogens is 822 g/mol. The number of hydrogen-bond donors (Lipinski definition) is 1. The molecule has 1 N–H and O–H groups in total. The third-order valence-corrected chi connectivity index (χ3v) is 6.03. The second-order valence-electron chi connectivity index (χ2n) is 8.36. The van der Waals surface area contributed by atoms with E-state index in [1.54, 1.807) is 0 Å². The number of allylic oxidation sites excluding steroid dienone is 2. The average molecular weight is 830 g/mol. The SMILES string of the molecule is OCC(I)CC(F)(F)C(F)(F)C(F)(F)C(F)(F)C(F)(F)C(F)(F)/C=C/C(F)(F)C(F)(F)C(F)(F)C(F)(F)C(F)(F)C(F)(F)F. The van der Waals surface area contributed by atoms with Gasteiger partial charge in [-0.2, -0.15) is 110 Å². The first-order valence-corrected chi connectivity index (χ1v) is 11.1. The van der Waals surface area contributed by atoms with E-state index >= 15 is 0 Å². The molecule has 0 saturated heterocycles. The fourth-order valence-corrected chi connectivity index (χ4v) is 3.06. The number of aliphatic hydroxyl groups is 1. The summed E-state index contributed by atoms with van der Waals surface area (Å²) in [6.07, 6.45) is -16.7. The zero-order valence-electron chi connectivity index (χ0n) is 19.4. The van der Waals surface area contributed by atoms with Crippen LogP contribution in [-0.4, -0.2) is 87.0 Å². The lowest BCUT2D eigenvalue weighted by atomic mass is 9.89. The Morgan fingerprint density at radius 3 is 0.909 bits per heavy atom. The highest BCUT2D eigenvalue weighted by Gasteiger charge is 2.92. The van der Waals surface area contributed by atoms with Crippen LogP contribution in [-0.2, 0) is 0 Å². The summed E-state index contributed by atoms with van der Waals surface area (Å²) in [5.74, 6) is -89.6. The highest BCUT2D eigenvalue weighted by molar-refractivity contribution is 14.1. The summed E-state index contributed by atoms with van der Waals surface area (Å²) in [5.41, 5.74) is 0. The monoisotopic (exact) mass is 830 g/mol. The first-order valence-electron chi connectivity index (χ1n) is 9.84. The number of hydrogen-bond acceptors (Lipinski definition) is 1. The van der Waals surface area contributed by atoms with Gasteiger partial charge >= 0.3 is 71.3 Å². The molecule has 0 bridgehead atoms. The molecule has 0 radical (unpaired) electrons. The van der Waals surface area contributed by atoms with E-state index in [4.69, 9.17) is 5.11 Å². The summed E-state index contributed by atoms with van der Waals surface area (Å²) in [7, 11) is 0. The Morgan fingerprint density at radius 2 is 0.659 bits per heavy atom. The van der Waals surface area contributed by atoms with Gasteiger partial charge in [-0.1, -0.05) is 22.6 Å². The van der Waals surface area contributed by atoms with Crippen molar-refractivity contribution in [1.82, 2.24) is 0 Å². The van der Waals surface area contributed by atoms with Crippen LogP contribution < -0.4 is 0 Å². The van der Waals surface area contributed by atoms with Gasteiger partial charge in [0.1, 0.15) is 0 Å². The third kappa shape index (κ3) is 6.08. The first-order chi connectivity index (χ1) is 18.7. The molecule has 264 valence electrons. The molecule has 0 aliphatic carbocycles. The Labute approximate surface area is 238 Å². The van der Waals surface area contributed by atoms with Crippen molar-refractivity contribution in [1.29, 1.82) is 0 Å². The molecule has 0 fully saturated rings. The molecule has 0 rings (SSSR count). The third-order valence-electron chi connectivity index (χ3n) is 5.20. The highest BCUT2D eigenvalue weighted by Crippen LogP contribution is 2.63. The van der Waals surface area contributed by atoms with Crippen molar-refractivity contribution >= 4 is 22.6 Å². The van der Waals surface area contributed by atoms with Crippen LogP contribution in [0.1, 0.15) is 6.42 Å². The Hall–Kier alpha value is -1.32. The van der Waals surface area contributed by atoms with E-state index in [9.17, 15) is 110 Å². The lowest BCUT2D eigenvalue weighted by molar-refractivity contribution is -0.436. The van der Waals surface area contributed by atoms with E-state index in [0.717, 1.165) is 0 Å². The van der Waals surface area contributed by atoms with Gasteiger partial charge < -0.3 is 5.11 Å². The van der Waals surface area contributed by atoms with Gasteiger partial charge in [0.25, 0.3) is 0 Å². The van der Waals surface area contributed by atoms with Gasteiger partial charge in [0.15, 0.2) is 0 Å². The minimum atomic E-state index is -8.72. The van der Waals surface area contributed by atoms with Crippen molar-refractivity contribution in [2.24, 2.45) is 0 Å². The summed E-state index contributed by atoms with van der Waals surface area (Å²) in [5, 5.41) is 8.48. The topological polar surface area (TPSA) is 20.2 Å². The Bertz CT molecular complexity index is 1040. The molecule has 0 amide bonds. The Balaban J connectivity index is 6.92. The van der Waals surface area contributed by atoms with Crippen LogP contribution in [0.25, 0.3) is 0 Å². The predicted molar refractivity (Wildman–Crippen MR) is 99.1 cm³/mol. The summed E-state index contributed by atoms with van der Waals surface area (Å²) in [4.78, 5) is 0. The number of halogens is 26. The summed E-state index contributed by atoms with van der Waals surface area (Å²) < 4.78 is 330. The predicted octanol–water partition coefficient (Wildman–Crippen LogP) is 9.28. The lowest BCUT2D eigenvalue weighted by Gasteiger charge is -2.41. The highest BCUT2D eigenvalue weighted by atomic mass is 127. The number of rotatable bonds is 14. The molecule has 44 heavy (non-hydrogen) atoms. The lowest BCUT2D eigenvalue weighted by Crippen LogP contribution is -2.70. The minimum absolute atomic E-state index is 0.589. The molecule has 0 saturated carbocycles. The van der Waals surface area contributed by atoms with E-state index in [1.165, 1.54) is 0 Å². The van der Waals surface area contributed by atoms with Crippen molar-refractivity contribution < 1.29 is 115 Å². The molecule has 0 heterocycles. The first kappa shape index (κ1) is 42.7. The van der Waals surface area contributed by atoms with Crippen molar-refractivity contribution in [3.05, 3.63) is 12.2 Å². The fraction of sp³-hybridized carbons (Fsp3) is 0.882. The molecule has 1 atom stereocenters. The van der Waals surface area contributed by atoms with Gasteiger partial charge in [-0.25, -0.2) is 0 Å². The van der Waals surface area contributed by atoms with Crippen molar-refractivity contribution in [3.63, 3.8) is 0 Å². The van der Waals surface area contributed by atoms with Gasteiger partial charge in [0, 0.05) is 10.3 Å². The number of alkyl halides is 26. The maximum Gasteiger partial charge on any atom is 0.460 e. The molecule has 0 aromatic carbocycles. The van der Waals surface area contributed by atoms with Crippen LogP contribution >= 0.6 is 22.6 Å². The van der Waals surface area contributed by atoms with E-state index < -0.39 is 100 Å². The van der Waals surface area contributed by atoms with Crippen molar-refractivity contribution in [2.75, 3.05) is 6.61 Å². The summed E-state index contributed by atoms with van der Waals surface area (Å²) in [6, 6.07) is 0. The summed E-state index contributed by atoms with van der Waals surface area (Å²) >= 11 is 0.589. The molecule has 0 aromatic rings. The molecule has 0 aliphatic heterocycles. The van der Waals surface area contributed by atoms with Crippen LogP contribution in [0.5, 0.6) is 0 Å². The van der Waals surface area contributed by atoms with Gasteiger partial charge in [-0.15, -0.1) is 0 Å². The van der Waals surface area contributed by atoms with Crippen molar-refractivity contribution in [2.45, 2.75) is 81.7 Å². The zero-order chi connectivity index (χ0) is 36.4. The van der Waals surface area contributed by atoms with Gasteiger partial charge in [0.05, 0.1) is 6.61 Å². The molecule has 0 spiro atoms. The number of aliphatic hydroxyl groups excluding tert-OH is 1. The largest absolute Gasteiger partial charge is 0.460 e. The smallest absolute Gasteiger partial charge is 0.395 e. The van der Waals surface area contributed by atoms with Crippen LogP contribution in [0.15, 0.2) is 12.2 Å². The van der Waals surface area contributed by atoms with Gasteiger partial charge in [0.2, 0.25) is 0 Å². The molecule has 0 aliphatic rings. The van der Waals surface area contributed by atoms with E-state index in [0.29, 0.717) is 22.6 Å². The standard InChI is InChI=1S/C17H8F25IO/c18-6(19,9(24,25)12(30,31)14(34,35)11(28,29)8(22,23)3-5(43)4-44)1-2-7(20,21)10(26,27)13(32,33)15(36,37)16(38,39)17(40,41)42/h1-2,5,44H,3-4H2/b2-1+. The summed E-state index contributed by atoms with van der Waals surface area (Å²) in [6.45, 7) is -1.61. The normalized spacial score (nSPS) is 17.4. The van der Waals surface area contributed by atoms with Crippen LogP contribution in [0.4, 0.5) is 110 Å².